The van der Waals surface area contributed by atoms with Gasteiger partial charge < -0.3 is 5.73 Å². The number of benzene rings is 1. The maximum atomic E-state index is 6.09. The van der Waals surface area contributed by atoms with Gasteiger partial charge in [0.1, 0.15) is 0 Å². The van der Waals surface area contributed by atoms with E-state index in [0.29, 0.717) is 12.6 Å². The third-order valence-corrected chi connectivity index (χ3v) is 5.13. The highest BCUT2D eigenvalue weighted by Gasteiger charge is 2.29. The molecule has 0 bridgehead atoms. The van der Waals surface area contributed by atoms with Crippen LogP contribution in [0.1, 0.15) is 49.8 Å². The molecule has 1 aliphatic rings. The second-order valence-corrected chi connectivity index (χ2v) is 6.68. The molecule has 2 rings (SSSR count). The van der Waals surface area contributed by atoms with Crippen LogP contribution in [-0.2, 0) is 0 Å². The average molecular weight is 295 g/mol. The van der Waals surface area contributed by atoms with E-state index in [1.54, 1.807) is 0 Å². The van der Waals surface area contributed by atoms with Crippen LogP contribution in [0.3, 0.4) is 0 Å². The first-order valence-electron chi connectivity index (χ1n) is 7.72. The first-order chi connectivity index (χ1) is 9.54. The van der Waals surface area contributed by atoms with E-state index in [0.717, 1.165) is 10.9 Å². The summed E-state index contributed by atoms with van der Waals surface area (Å²) >= 11 is 6.07. The zero-order chi connectivity index (χ0) is 14.7. The molecule has 0 spiro atoms. The van der Waals surface area contributed by atoms with Crippen molar-refractivity contribution in [2.75, 3.05) is 13.6 Å². The van der Waals surface area contributed by atoms with Crippen molar-refractivity contribution in [3.8, 4) is 0 Å². The van der Waals surface area contributed by atoms with E-state index in [1.807, 2.05) is 12.1 Å². The molecule has 0 radical (unpaired) electrons. The third-order valence-electron chi connectivity index (χ3n) is 4.90. The highest BCUT2D eigenvalue weighted by Crippen LogP contribution is 2.33. The second kappa shape index (κ2) is 6.93. The Morgan fingerprint density at radius 2 is 2.05 bits per heavy atom. The van der Waals surface area contributed by atoms with Crippen LogP contribution in [0.25, 0.3) is 0 Å². The molecule has 3 heteroatoms. The van der Waals surface area contributed by atoms with Gasteiger partial charge in [0.2, 0.25) is 0 Å². The summed E-state index contributed by atoms with van der Waals surface area (Å²) in [6.07, 6.45) is 5.35. The van der Waals surface area contributed by atoms with Gasteiger partial charge >= 0.3 is 0 Å². The van der Waals surface area contributed by atoms with Gasteiger partial charge in [-0.25, -0.2) is 0 Å². The van der Waals surface area contributed by atoms with Crippen molar-refractivity contribution in [1.29, 1.82) is 0 Å². The van der Waals surface area contributed by atoms with Gasteiger partial charge in [0.25, 0.3) is 0 Å². The number of aryl methyl sites for hydroxylation is 1. The number of halogens is 1. The zero-order valence-corrected chi connectivity index (χ0v) is 13.7. The molecule has 1 saturated carbocycles. The molecular formula is C17H27ClN2. The maximum Gasteiger partial charge on any atom is 0.0473 e. The molecule has 0 heterocycles. The van der Waals surface area contributed by atoms with Crippen molar-refractivity contribution < 1.29 is 0 Å². The monoisotopic (exact) mass is 294 g/mol. The van der Waals surface area contributed by atoms with Gasteiger partial charge in [-0.2, -0.15) is 0 Å². The standard InChI is InChI=1S/C17H27ClN2/c1-12-6-4-5-7-16(12)20(3)17(11-19)15-9-8-14(18)10-13(15)2/h8-10,12,16-17H,4-7,11,19H2,1-3H3. The van der Waals surface area contributed by atoms with Crippen molar-refractivity contribution in [1.82, 2.24) is 4.90 Å². The lowest BCUT2D eigenvalue weighted by Crippen LogP contribution is -2.43. The van der Waals surface area contributed by atoms with Crippen LogP contribution in [-0.4, -0.2) is 24.5 Å². The number of nitrogens with two attached hydrogens (primary N) is 1. The van der Waals surface area contributed by atoms with Crippen LogP contribution in [0.2, 0.25) is 5.02 Å². The van der Waals surface area contributed by atoms with Gasteiger partial charge in [-0.1, -0.05) is 37.4 Å². The Bertz CT molecular complexity index is 447. The molecule has 3 atom stereocenters. The molecule has 112 valence electrons. The van der Waals surface area contributed by atoms with Gasteiger partial charge in [0, 0.05) is 23.7 Å². The fourth-order valence-electron chi connectivity index (χ4n) is 3.66. The van der Waals surface area contributed by atoms with Crippen molar-refractivity contribution in [2.24, 2.45) is 11.7 Å². The molecule has 0 amide bonds. The number of rotatable bonds is 4. The Morgan fingerprint density at radius 3 is 2.65 bits per heavy atom. The third kappa shape index (κ3) is 3.36. The molecule has 1 aromatic rings. The van der Waals surface area contributed by atoms with Crippen molar-refractivity contribution in [3.63, 3.8) is 0 Å². The maximum absolute atomic E-state index is 6.09. The molecule has 1 fully saturated rings. The largest absolute Gasteiger partial charge is 0.329 e. The molecule has 0 aliphatic heterocycles. The first-order valence-corrected chi connectivity index (χ1v) is 8.10. The minimum atomic E-state index is 0.290. The summed E-state index contributed by atoms with van der Waals surface area (Å²) in [6, 6.07) is 7.09. The number of likely N-dealkylation sites (N-methyl/N-ethyl adjacent to an activating group) is 1. The summed E-state index contributed by atoms with van der Waals surface area (Å²) in [5.41, 5.74) is 8.65. The predicted molar refractivity (Wildman–Crippen MR) is 87.2 cm³/mol. The van der Waals surface area contributed by atoms with E-state index in [2.05, 4.69) is 31.9 Å². The molecule has 2 nitrogen and oxygen atoms in total. The van der Waals surface area contributed by atoms with Crippen LogP contribution in [0.15, 0.2) is 18.2 Å². The minimum absolute atomic E-state index is 0.290. The molecule has 0 aromatic heterocycles. The molecule has 0 saturated heterocycles. The van der Waals surface area contributed by atoms with Crippen LogP contribution in [0.4, 0.5) is 0 Å². The Labute approximate surface area is 128 Å². The van der Waals surface area contributed by atoms with Crippen LogP contribution < -0.4 is 5.73 Å². The van der Waals surface area contributed by atoms with E-state index in [-0.39, 0.29) is 6.04 Å². The molecule has 2 N–H and O–H groups in total. The molecule has 1 aromatic carbocycles. The number of nitrogens with zero attached hydrogens (tertiary/aromatic N) is 1. The molecule has 1 aliphatic carbocycles. The summed E-state index contributed by atoms with van der Waals surface area (Å²) < 4.78 is 0. The minimum Gasteiger partial charge on any atom is -0.329 e. The first kappa shape index (κ1) is 15.8. The Morgan fingerprint density at radius 1 is 1.35 bits per heavy atom. The fraction of sp³-hybridized carbons (Fsp3) is 0.647. The van der Waals surface area contributed by atoms with Crippen LogP contribution in [0.5, 0.6) is 0 Å². The number of hydrogen-bond acceptors (Lipinski definition) is 2. The van der Waals surface area contributed by atoms with Gasteiger partial charge in [0.15, 0.2) is 0 Å². The SMILES string of the molecule is Cc1cc(Cl)ccc1C(CN)N(C)C1CCCCC1C. The van der Waals surface area contributed by atoms with E-state index >= 15 is 0 Å². The zero-order valence-electron chi connectivity index (χ0n) is 12.9. The molecule has 20 heavy (non-hydrogen) atoms. The topological polar surface area (TPSA) is 29.3 Å². The van der Waals surface area contributed by atoms with Gasteiger partial charge in [-0.3, -0.25) is 4.90 Å². The average Bonchev–Trinajstić information content (AvgIpc) is 2.42. The van der Waals surface area contributed by atoms with Crippen molar-refractivity contribution >= 4 is 11.6 Å². The predicted octanol–water partition coefficient (Wildman–Crippen LogP) is 4.16. The number of hydrogen-bond donors (Lipinski definition) is 1. The van der Waals surface area contributed by atoms with E-state index in [9.17, 15) is 0 Å². The van der Waals surface area contributed by atoms with E-state index in [1.165, 1.54) is 36.8 Å². The smallest absolute Gasteiger partial charge is 0.0473 e. The van der Waals surface area contributed by atoms with Crippen LogP contribution in [0, 0.1) is 12.8 Å². The van der Waals surface area contributed by atoms with Gasteiger partial charge in [-0.05, 0) is 56.0 Å². The van der Waals surface area contributed by atoms with Gasteiger partial charge in [0.05, 0.1) is 0 Å². The quantitative estimate of drug-likeness (QED) is 0.903. The summed E-state index contributed by atoms with van der Waals surface area (Å²) in [5, 5.41) is 0.802. The van der Waals surface area contributed by atoms with E-state index in [4.69, 9.17) is 17.3 Å². The van der Waals surface area contributed by atoms with Crippen LogP contribution >= 0.6 is 11.6 Å². The normalized spacial score (nSPS) is 24.9. The summed E-state index contributed by atoms with van der Waals surface area (Å²) in [7, 11) is 2.23. The highest BCUT2D eigenvalue weighted by molar-refractivity contribution is 6.30. The van der Waals surface area contributed by atoms with Crippen molar-refractivity contribution in [2.45, 2.75) is 51.6 Å². The van der Waals surface area contributed by atoms with E-state index < -0.39 is 0 Å². The van der Waals surface area contributed by atoms with Crippen molar-refractivity contribution in [3.05, 3.63) is 34.3 Å². The Kier molecular flexibility index (Phi) is 5.48. The highest BCUT2D eigenvalue weighted by atomic mass is 35.5. The second-order valence-electron chi connectivity index (χ2n) is 6.25. The summed E-state index contributed by atoms with van der Waals surface area (Å²) in [6.45, 7) is 5.16. The lowest BCUT2D eigenvalue weighted by atomic mass is 9.83. The van der Waals surface area contributed by atoms with Gasteiger partial charge in [-0.15, -0.1) is 0 Å². The Hall–Kier alpha value is -0.570. The lowest BCUT2D eigenvalue weighted by molar-refractivity contribution is 0.0989. The molecule has 3 unspecified atom stereocenters. The summed E-state index contributed by atoms with van der Waals surface area (Å²) in [4.78, 5) is 2.50. The summed E-state index contributed by atoms with van der Waals surface area (Å²) in [5.74, 6) is 0.760. The Balaban J connectivity index is 2.22. The lowest BCUT2D eigenvalue weighted by Gasteiger charge is -2.41. The molecular weight excluding hydrogens is 268 g/mol. The fourth-order valence-corrected chi connectivity index (χ4v) is 3.89.